The first-order valence-corrected chi connectivity index (χ1v) is 6.55. The van der Waals surface area contributed by atoms with Gasteiger partial charge in [-0.1, -0.05) is 0 Å². The van der Waals surface area contributed by atoms with Gasteiger partial charge < -0.3 is 34.6 Å². The van der Waals surface area contributed by atoms with Gasteiger partial charge in [0.2, 0.25) is 0 Å². The average molecular weight is 320 g/mol. The third-order valence-corrected chi connectivity index (χ3v) is 2.02. The fourth-order valence-electron chi connectivity index (χ4n) is 0.968. The van der Waals surface area contributed by atoms with Crippen LogP contribution in [-0.4, -0.2) is 86.0 Å². The summed E-state index contributed by atoms with van der Waals surface area (Å²) >= 11 is 0. The molecule has 0 aromatic heterocycles. The molecule has 7 nitrogen and oxygen atoms in total. The molecule has 0 saturated heterocycles. The average Bonchev–Trinajstić information content (AvgIpc) is 2.51. The highest BCUT2D eigenvalue weighted by molar-refractivity contribution is 4.48. The first-order chi connectivity index (χ1) is 10.1. The van der Waals surface area contributed by atoms with Crippen molar-refractivity contribution in [2.24, 2.45) is 0 Å². The Hall–Kier alpha value is -0.420. The number of hydrogen-bond acceptors (Lipinski definition) is 7. The van der Waals surface area contributed by atoms with Gasteiger partial charge in [0, 0.05) is 13.2 Å². The molecule has 0 saturated carbocycles. The molecule has 0 bridgehead atoms. The Kier molecular flexibility index (Phi) is 21.3. The van der Waals surface area contributed by atoms with Gasteiger partial charge in [-0.3, -0.25) is 0 Å². The molecule has 21 heavy (non-hydrogen) atoms. The second-order valence-electron chi connectivity index (χ2n) is 3.95. The van der Waals surface area contributed by atoms with Crippen molar-refractivity contribution in [3.8, 4) is 0 Å². The molecule has 9 heteroatoms. The van der Waals surface area contributed by atoms with E-state index in [1.165, 1.54) is 0 Å². The van der Waals surface area contributed by atoms with Gasteiger partial charge in [0.05, 0.1) is 26.4 Å². The molecular weight excluding hydrogens is 294 g/mol. The SMILES string of the molecule is OCC(O)COCCCCOCF.OCC(O)COCF. The molecule has 0 heterocycles. The molecule has 2 atom stereocenters. The Morgan fingerprint density at radius 1 is 0.714 bits per heavy atom. The first-order valence-electron chi connectivity index (χ1n) is 6.55. The Labute approximate surface area is 123 Å². The summed E-state index contributed by atoms with van der Waals surface area (Å²) in [6, 6.07) is 0. The second kappa shape index (κ2) is 19.6. The molecule has 0 fully saturated rings. The molecule has 0 spiro atoms. The lowest BCUT2D eigenvalue weighted by molar-refractivity contribution is -0.0230. The Morgan fingerprint density at radius 2 is 1.14 bits per heavy atom. The van der Waals surface area contributed by atoms with Crippen molar-refractivity contribution in [1.29, 1.82) is 0 Å². The number of alkyl halides is 2. The molecule has 0 aliphatic carbocycles. The predicted molar refractivity (Wildman–Crippen MR) is 70.1 cm³/mol. The van der Waals surface area contributed by atoms with Gasteiger partial charge >= 0.3 is 0 Å². The summed E-state index contributed by atoms with van der Waals surface area (Å²) in [7, 11) is 0. The quantitative estimate of drug-likeness (QED) is 0.334. The third-order valence-electron chi connectivity index (χ3n) is 2.02. The molecular formula is C12H26F2O7. The van der Waals surface area contributed by atoms with E-state index in [0.717, 1.165) is 12.8 Å². The standard InChI is InChI=1S/C8H17FO4.C4H9FO3/c9-7-13-4-2-1-3-12-6-8(11)5-10;5-3-8-2-4(7)1-6/h8,10-11H,1-7H2;4,6-7H,1-3H2. The number of unbranched alkanes of at least 4 members (excludes halogenated alkanes) is 1. The van der Waals surface area contributed by atoms with Gasteiger partial charge in [-0.15, -0.1) is 0 Å². The van der Waals surface area contributed by atoms with Crippen LogP contribution >= 0.6 is 0 Å². The van der Waals surface area contributed by atoms with E-state index in [1.54, 1.807) is 0 Å². The van der Waals surface area contributed by atoms with E-state index < -0.39 is 25.9 Å². The lowest BCUT2D eigenvalue weighted by Crippen LogP contribution is -2.19. The number of aliphatic hydroxyl groups is 4. The number of aliphatic hydroxyl groups excluding tert-OH is 4. The van der Waals surface area contributed by atoms with E-state index in [4.69, 9.17) is 25.2 Å². The molecule has 0 aliphatic rings. The maximum atomic E-state index is 11.4. The molecule has 0 rings (SSSR count). The number of hydrogen-bond donors (Lipinski definition) is 4. The molecule has 0 radical (unpaired) electrons. The molecule has 0 amide bonds. The minimum atomic E-state index is -0.953. The maximum Gasteiger partial charge on any atom is 0.188 e. The normalized spacial score (nSPS) is 13.4. The van der Waals surface area contributed by atoms with E-state index >= 15 is 0 Å². The van der Waals surface area contributed by atoms with Crippen molar-refractivity contribution in [3.63, 3.8) is 0 Å². The van der Waals surface area contributed by atoms with Crippen LogP contribution in [0.4, 0.5) is 8.78 Å². The van der Waals surface area contributed by atoms with Crippen LogP contribution in [0.2, 0.25) is 0 Å². The van der Waals surface area contributed by atoms with E-state index in [1.807, 2.05) is 0 Å². The number of halogens is 2. The van der Waals surface area contributed by atoms with E-state index in [0.29, 0.717) is 13.2 Å². The van der Waals surface area contributed by atoms with Crippen LogP contribution in [0.5, 0.6) is 0 Å². The molecule has 130 valence electrons. The second-order valence-corrected chi connectivity index (χ2v) is 3.95. The van der Waals surface area contributed by atoms with Crippen molar-refractivity contribution < 1.29 is 43.4 Å². The van der Waals surface area contributed by atoms with E-state index in [2.05, 4.69) is 9.47 Å². The van der Waals surface area contributed by atoms with Crippen LogP contribution < -0.4 is 0 Å². The molecule has 0 aromatic carbocycles. The van der Waals surface area contributed by atoms with Gasteiger partial charge in [0.15, 0.2) is 13.7 Å². The molecule has 4 N–H and O–H groups in total. The Morgan fingerprint density at radius 3 is 1.57 bits per heavy atom. The van der Waals surface area contributed by atoms with Crippen molar-refractivity contribution in [2.45, 2.75) is 25.0 Å². The molecule has 0 aliphatic heterocycles. The fourth-order valence-corrected chi connectivity index (χ4v) is 0.968. The van der Waals surface area contributed by atoms with Gasteiger partial charge in [0.1, 0.15) is 12.2 Å². The summed E-state index contributed by atoms with van der Waals surface area (Å²) in [6.45, 7) is -1.46. The summed E-state index contributed by atoms with van der Waals surface area (Å²) in [4.78, 5) is 0. The predicted octanol–water partition coefficient (Wildman–Crippen LogP) is -0.637. The van der Waals surface area contributed by atoms with Crippen LogP contribution in [-0.2, 0) is 14.2 Å². The Balaban J connectivity index is 0. The summed E-state index contributed by atoms with van der Waals surface area (Å²) in [5, 5.41) is 33.8. The third kappa shape index (κ3) is 22.0. The monoisotopic (exact) mass is 320 g/mol. The minimum Gasteiger partial charge on any atom is -0.394 e. The van der Waals surface area contributed by atoms with Crippen LogP contribution in [0.25, 0.3) is 0 Å². The maximum absolute atomic E-state index is 11.4. The zero-order chi connectivity index (χ0) is 16.3. The smallest absolute Gasteiger partial charge is 0.188 e. The zero-order valence-corrected chi connectivity index (χ0v) is 12.0. The summed E-state index contributed by atoms with van der Waals surface area (Å²) in [6.07, 6.45) is -0.259. The summed E-state index contributed by atoms with van der Waals surface area (Å²) in [5.74, 6) is 0. The van der Waals surface area contributed by atoms with Gasteiger partial charge in [0.25, 0.3) is 0 Å². The van der Waals surface area contributed by atoms with Crippen LogP contribution in [0.3, 0.4) is 0 Å². The van der Waals surface area contributed by atoms with Crippen LogP contribution in [0.15, 0.2) is 0 Å². The summed E-state index contributed by atoms with van der Waals surface area (Å²) in [5.41, 5.74) is 0. The van der Waals surface area contributed by atoms with Gasteiger partial charge in [-0.25, -0.2) is 8.78 Å². The highest BCUT2D eigenvalue weighted by Gasteiger charge is 2.00. The molecule has 0 aromatic rings. The van der Waals surface area contributed by atoms with E-state index in [9.17, 15) is 8.78 Å². The zero-order valence-electron chi connectivity index (χ0n) is 12.0. The number of ether oxygens (including phenoxy) is 3. The van der Waals surface area contributed by atoms with Crippen molar-refractivity contribution in [1.82, 2.24) is 0 Å². The van der Waals surface area contributed by atoms with Crippen molar-refractivity contribution in [2.75, 3.05) is 53.4 Å². The number of rotatable bonds is 13. The van der Waals surface area contributed by atoms with E-state index in [-0.39, 0.29) is 26.4 Å². The summed E-state index contributed by atoms with van der Waals surface area (Å²) < 4.78 is 36.1. The molecule has 2 unspecified atom stereocenters. The van der Waals surface area contributed by atoms with Gasteiger partial charge in [-0.05, 0) is 12.8 Å². The Bertz CT molecular complexity index is 189. The van der Waals surface area contributed by atoms with Crippen LogP contribution in [0, 0.1) is 0 Å². The lowest BCUT2D eigenvalue weighted by Gasteiger charge is -2.07. The van der Waals surface area contributed by atoms with Crippen molar-refractivity contribution in [3.05, 3.63) is 0 Å². The first kappa shape index (κ1) is 22.9. The fraction of sp³-hybridized carbons (Fsp3) is 1.00. The largest absolute Gasteiger partial charge is 0.394 e. The highest BCUT2D eigenvalue weighted by atomic mass is 19.1. The van der Waals surface area contributed by atoms with Crippen molar-refractivity contribution >= 4 is 0 Å². The topological polar surface area (TPSA) is 109 Å². The lowest BCUT2D eigenvalue weighted by atomic mass is 10.3. The van der Waals surface area contributed by atoms with Crippen LogP contribution in [0.1, 0.15) is 12.8 Å². The minimum absolute atomic E-state index is 0.139. The van der Waals surface area contributed by atoms with Gasteiger partial charge in [-0.2, -0.15) is 0 Å². The highest BCUT2D eigenvalue weighted by Crippen LogP contribution is 1.93.